The number of H-pyrrole nitrogens is 1. The van der Waals surface area contributed by atoms with Crippen LogP contribution in [-0.4, -0.2) is 107 Å². The summed E-state index contributed by atoms with van der Waals surface area (Å²) in [6, 6.07) is 18.1. The zero-order chi connectivity index (χ0) is 35.3. The van der Waals surface area contributed by atoms with E-state index < -0.39 is 61.5 Å². The van der Waals surface area contributed by atoms with E-state index in [4.69, 9.17) is 19.0 Å². The van der Waals surface area contributed by atoms with Gasteiger partial charge in [0, 0.05) is 39.2 Å². The van der Waals surface area contributed by atoms with E-state index in [1.807, 2.05) is 30.3 Å². The molecule has 15 heteroatoms. The summed E-state index contributed by atoms with van der Waals surface area (Å²) in [5.74, 6) is -1.79. The minimum absolute atomic E-state index is 0.0137. The first-order chi connectivity index (χ1) is 24.7. The van der Waals surface area contributed by atoms with Gasteiger partial charge in [-0.25, -0.2) is 0 Å². The summed E-state index contributed by atoms with van der Waals surface area (Å²) < 4.78 is 19.2. The second kappa shape index (κ2) is 11.7. The second-order valence-corrected chi connectivity index (χ2v) is 12.9. The van der Waals surface area contributed by atoms with Crippen molar-refractivity contribution in [2.75, 3.05) is 19.8 Å². The van der Waals surface area contributed by atoms with Crippen LogP contribution in [0.2, 0.25) is 0 Å². The number of aromatic hydroxyl groups is 2. The number of hydrogen-bond donors (Lipinski definition) is 7. The molecule has 2 fully saturated rings. The van der Waals surface area contributed by atoms with Crippen LogP contribution in [0.1, 0.15) is 38.8 Å². The highest BCUT2D eigenvalue weighted by atomic mass is 16.8. The van der Waals surface area contributed by atoms with Crippen LogP contribution in [0.4, 0.5) is 0 Å². The van der Waals surface area contributed by atoms with Gasteiger partial charge in [-0.2, -0.15) is 0 Å². The van der Waals surface area contributed by atoms with Crippen LogP contribution in [0.5, 0.6) is 11.5 Å². The van der Waals surface area contributed by atoms with Gasteiger partial charge in [0.1, 0.15) is 42.0 Å². The van der Waals surface area contributed by atoms with Crippen molar-refractivity contribution in [3.8, 4) is 11.5 Å². The number of phenolic OH excluding ortho intramolecular Hbond substituents is 2. The number of nitrogens with zero attached hydrogens (tertiary/aromatic N) is 2. The Morgan fingerprint density at radius 3 is 2.18 bits per heavy atom. The van der Waals surface area contributed by atoms with Crippen molar-refractivity contribution in [1.29, 1.82) is 0 Å². The minimum atomic E-state index is -1.75. The molecule has 3 aliphatic rings. The van der Waals surface area contributed by atoms with E-state index in [1.54, 1.807) is 12.1 Å². The molecule has 4 aromatic carbocycles. The molecular formula is C36H31N3O12. The first kappa shape index (κ1) is 31.9. The predicted molar refractivity (Wildman–Crippen MR) is 178 cm³/mol. The third-order valence-electron chi connectivity index (χ3n) is 9.87. The number of ether oxygens (including phenoxy) is 3. The fourth-order valence-corrected chi connectivity index (χ4v) is 7.55. The fraction of sp³-hybridized carbons (Fsp3) is 0.278. The predicted octanol–water partition coefficient (Wildman–Crippen LogP) is 2.45. The molecule has 6 aromatic rings. The summed E-state index contributed by atoms with van der Waals surface area (Å²) in [5, 5.41) is 65.8. The Balaban J connectivity index is 1.24. The summed E-state index contributed by atoms with van der Waals surface area (Å²) >= 11 is 0. The number of carbonyl (C=O) groups excluding carboxylic acids is 2. The highest BCUT2D eigenvalue weighted by molar-refractivity contribution is 6.39. The Bertz CT molecular complexity index is 2380. The molecule has 5 heterocycles. The third kappa shape index (κ3) is 4.68. The van der Waals surface area contributed by atoms with Gasteiger partial charge in [0.05, 0.1) is 53.0 Å². The van der Waals surface area contributed by atoms with Crippen LogP contribution >= 0.6 is 0 Å². The van der Waals surface area contributed by atoms with Gasteiger partial charge in [-0.1, -0.05) is 30.3 Å². The lowest BCUT2D eigenvalue weighted by Crippen LogP contribution is -2.56. The minimum Gasteiger partial charge on any atom is -0.508 e. The number of fused-ring (bicyclic) bond motifs is 10. The van der Waals surface area contributed by atoms with Crippen LogP contribution in [-0.2, 0) is 19.0 Å². The number of amides is 2. The number of nitrogens with one attached hydrogen (secondary N) is 1. The largest absolute Gasteiger partial charge is 0.508 e. The fourth-order valence-electron chi connectivity index (χ4n) is 7.55. The number of aliphatic hydroxyl groups excluding tert-OH is 4. The van der Waals surface area contributed by atoms with Gasteiger partial charge in [-0.15, -0.1) is 5.06 Å². The molecule has 15 nitrogen and oxygen atoms in total. The van der Waals surface area contributed by atoms with Gasteiger partial charge >= 0.3 is 0 Å². The molecular weight excluding hydrogens is 666 g/mol. The third-order valence-corrected chi connectivity index (χ3v) is 9.87. The number of carbonyl (C=O) groups is 2. The maximum Gasteiger partial charge on any atom is 0.286 e. The van der Waals surface area contributed by atoms with Crippen molar-refractivity contribution in [3.63, 3.8) is 0 Å². The number of hydrogen-bond acceptors (Lipinski definition) is 12. The summed E-state index contributed by atoms with van der Waals surface area (Å²) in [6.45, 7) is -0.667. The van der Waals surface area contributed by atoms with E-state index in [-0.39, 0.29) is 52.3 Å². The molecule has 9 rings (SSSR count). The topological polar surface area (TPSA) is 216 Å². The Morgan fingerprint density at radius 2 is 1.47 bits per heavy atom. The van der Waals surface area contributed by atoms with Gasteiger partial charge in [0.25, 0.3) is 11.8 Å². The summed E-state index contributed by atoms with van der Waals surface area (Å²) in [4.78, 5) is 38.1. The molecule has 0 aliphatic carbocycles. The van der Waals surface area contributed by atoms with Crippen LogP contribution in [0.15, 0.2) is 66.7 Å². The first-order valence-corrected chi connectivity index (χ1v) is 16.3. The lowest BCUT2D eigenvalue weighted by molar-refractivity contribution is -0.262. The molecule has 5 unspecified atom stereocenters. The quantitative estimate of drug-likeness (QED) is 0.129. The highest BCUT2D eigenvalue weighted by Crippen LogP contribution is 2.48. The molecule has 262 valence electrons. The number of imide groups is 1. The average Bonchev–Trinajstić information content (AvgIpc) is 3.75. The van der Waals surface area contributed by atoms with E-state index >= 15 is 0 Å². The Labute approximate surface area is 286 Å². The Hall–Kier alpha value is -5.10. The Morgan fingerprint density at radius 1 is 0.804 bits per heavy atom. The van der Waals surface area contributed by atoms with Crippen molar-refractivity contribution in [3.05, 3.63) is 83.4 Å². The molecule has 2 aromatic heterocycles. The Kier molecular flexibility index (Phi) is 7.32. The van der Waals surface area contributed by atoms with E-state index in [0.29, 0.717) is 32.3 Å². The van der Waals surface area contributed by atoms with Gasteiger partial charge < -0.3 is 54.4 Å². The number of aromatic nitrogens is 2. The summed E-state index contributed by atoms with van der Waals surface area (Å²) in [5.41, 5.74) is 1.97. The van der Waals surface area contributed by atoms with Crippen molar-refractivity contribution in [2.24, 2.45) is 0 Å². The maximum absolute atomic E-state index is 14.5. The van der Waals surface area contributed by atoms with Crippen LogP contribution in [0, 0.1) is 0 Å². The zero-order valence-electron chi connectivity index (χ0n) is 26.5. The average molecular weight is 698 g/mol. The van der Waals surface area contributed by atoms with E-state index in [1.165, 1.54) is 28.8 Å². The maximum atomic E-state index is 14.5. The summed E-state index contributed by atoms with van der Waals surface area (Å²) in [7, 11) is 0. The number of aromatic amines is 1. The smallest absolute Gasteiger partial charge is 0.286 e. The zero-order valence-corrected chi connectivity index (χ0v) is 26.5. The summed E-state index contributed by atoms with van der Waals surface area (Å²) in [6.07, 6.45) is -9.37. The number of rotatable bonds is 5. The van der Waals surface area contributed by atoms with Gasteiger partial charge in [0.2, 0.25) is 0 Å². The molecule has 7 N–H and O–H groups in total. The van der Waals surface area contributed by atoms with Gasteiger partial charge in [0.15, 0.2) is 12.5 Å². The van der Waals surface area contributed by atoms with E-state index in [9.17, 15) is 40.2 Å². The molecule has 0 radical (unpaired) electrons. The monoisotopic (exact) mass is 697 g/mol. The molecule has 0 spiro atoms. The number of hydroxylamine groups is 2. The highest BCUT2D eigenvalue weighted by Gasteiger charge is 2.48. The van der Waals surface area contributed by atoms with Gasteiger partial charge in [-0.3, -0.25) is 14.4 Å². The lowest BCUT2D eigenvalue weighted by atomic mass is 9.96. The van der Waals surface area contributed by atoms with Crippen LogP contribution in [0.25, 0.3) is 43.6 Å². The SMILES string of the molecule is O=C1c2c(c3c4ccc(O)cc4n(C4OC(CO)C(O)C(O)C4O)c3c3[nH]c4cc(O)ccc4c23)C(=O)N1OC1COC(c2ccccc2)OC1. The number of phenols is 2. The van der Waals surface area contributed by atoms with Gasteiger partial charge in [-0.05, 0) is 24.3 Å². The van der Waals surface area contributed by atoms with Crippen LogP contribution in [0.3, 0.4) is 0 Å². The first-order valence-electron chi connectivity index (χ1n) is 16.3. The molecule has 0 saturated carbocycles. The van der Waals surface area contributed by atoms with Crippen molar-refractivity contribution in [1.82, 2.24) is 14.6 Å². The number of benzene rings is 4. The lowest BCUT2D eigenvalue weighted by Gasteiger charge is -2.41. The van der Waals surface area contributed by atoms with Crippen molar-refractivity contribution in [2.45, 2.75) is 43.0 Å². The molecule has 2 amide bonds. The molecule has 5 atom stereocenters. The number of aliphatic hydroxyl groups is 4. The normalized spacial score (nSPS) is 27.0. The van der Waals surface area contributed by atoms with E-state index in [0.717, 1.165) is 5.56 Å². The van der Waals surface area contributed by atoms with Crippen molar-refractivity contribution >= 4 is 55.4 Å². The molecule has 0 bridgehead atoms. The molecule has 2 saturated heterocycles. The standard InChI is InChI=1S/C36H31N3O12/c40-12-23-30(43)31(44)32(45)35(50-23)38-22-11-17(42)7-9-20(22)25-27-26(24-19-8-6-16(41)10-21(19)37-28(24)29(25)38)33(46)39(34(27)47)51-18-13-48-36(49-14-18)15-4-2-1-3-5-15/h1-11,18,23,30-32,35-37,40-45H,12-14H2. The van der Waals surface area contributed by atoms with E-state index in [2.05, 4.69) is 4.98 Å². The second-order valence-electron chi connectivity index (χ2n) is 12.9. The van der Waals surface area contributed by atoms with Crippen molar-refractivity contribution < 1.29 is 59.3 Å². The molecule has 51 heavy (non-hydrogen) atoms. The molecule has 3 aliphatic heterocycles. The van der Waals surface area contributed by atoms with Crippen LogP contribution < -0.4 is 0 Å².